The first-order chi connectivity index (χ1) is 17.3. The van der Waals surface area contributed by atoms with Gasteiger partial charge in [-0.15, -0.1) is 0 Å². The largest absolute Gasteiger partial charge is 0.342 e. The Balaban J connectivity index is 1.46. The second kappa shape index (κ2) is 9.43. The molecule has 7 nitrogen and oxygen atoms in total. The number of aliphatic imine (C=N–C) groups is 1. The third-order valence-electron chi connectivity index (χ3n) is 6.08. The highest BCUT2D eigenvalue weighted by molar-refractivity contribution is 8.18. The number of nitrogens with zero attached hydrogens (tertiary/aromatic N) is 3. The van der Waals surface area contributed by atoms with Gasteiger partial charge in [-0.3, -0.25) is 14.9 Å². The molecule has 1 saturated heterocycles. The van der Waals surface area contributed by atoms with Crippen LogP contribution < -0.4 is 5.32 Å². The lowest BCUT2D eigenvalue weighted by Crippen LogP contribution is -2.19. The number of halogens is 1. The summed E-state index contributed by atoms with van der Waals surface area (Å²) in [6.45, 7) is 4.05. The van der Waals surface area contributed by atoms with Crippen LogP contribution >= 0.6 is 11.8 Å². The van der Waals surface area contributed by atoms with Gasteiger partial charge in [0.1, 0.15) is 5.82 Å². The van der Waals surface area contributed by atoms with Crippen molar-refractivity contribution in [2.45, 2.75) is 20.4 Å². The molecule has 9 heteroatoms. The van der Waals surface area contributed by atoms with E-state index in [1.165, 1.54) is 30.0 Å². The minimum atomic E-state index is -0.431. The van der Waals surface area contributed by atoms with E-state index < -0.39 is 4.92 Å². The summed E-state index contributed by atoms with van der Waals surface area (Å²) in [6.07, 6.45) is 3.78. The van der Waals surface area contributed by atoms with Crippen molar-refractivity contribution in [3.8, 4) is 0 Å². The molecule has 5 rings (SSSR count). The number of carbonyl (C=O) groups is 1. The van der Waals surface area contributed by atoms with E-state index in [0.29, 0.717) is 27.9 Å². The smallest absolute Gasteiger partial charge is 0.274 e. The monoisotopic (exact) mass is 500 g/mol. The van der Waals surface area contributed by atoms with Crippen LogP contribution in [0.1, 0.15) is 22.3 Å². The number of hydrogen-bond acceptors (Lipinski definition) is 5. The number of nitro groups is 1. The molecule has 180 valence electrons. The summed E-state index contributed by atoms with van der Waals surface area (Å²) in [7, 11) is 0. The van der Waals surface area contributed by atoms with E-state index in [1.807, 2.05) is 36.5 Å². The number of rotatable bonds is 5. The molecule has 0 saturated carbocycles. The molecule has 4 aromatic rings. The average Bonchev–Trinajstić information content (AvgIpc) is 3.37. The molecule has 0 spiro atoms. The van der Waals surface area contributed by atoms with Crippen molar-refractivity contribution in [1.29, 1.82) is 0 Å². The number of carbonyl (C=O) groups excluding carboxylic acids is 1. The van der Waals surface area contributed by atoms with Gasteiger partial charge in [0.05, 0.1) is 15.5 Å². The van der Waals surface area contributed by atoms with Gasteiger partial charge in [0.25, 0.3) is 11.6 Å². The van der Waals surface area contributed by atoms with Crippen molar-refractivity contribution in [3.63, 3.8) is 0 Å². The van der Waals surface area contributed by atoms with Crippen LogP contribution in [-0.2, 0) is 11.3 Å². The van der Waals surface area contributed by atoms with Crippen LogP contribution in [0.5, 0.6) is 0 Å². The number of amidine groups is 1. The highest BCUT2D eigenvalue weighted by atomic mass is 32.2. The van der Waals surface area contributed by atoms with Gasteiger partial charge in [0.15, 0.2) is 5.17 Å². The topological polar surface area (TPSA) is 89.5 Å². The molecule has 1 N–H and O–H groups in total. The first-order valence-electron chi connectivity index (χ1n) is 11.2. The second-order valence-corrected chi connectivity index (χ2v) is 9.53. The molecule has 1 aliphatic rings. The number of thioether (sulfide) groups is 1. The van der Waals surface area contributed by atoms with Crippen molar-refractivity contribution < 1.29 is 14.1 Å². The molecule has 0 radical (unpaired) electrons. The van der Waals surface area contributed by atoms with Crippen molar-refractivity contribution in [3.05, 3.63) is 110 Å². The molecule has 0 aliphatic carbocycles. The Morgan fingerprint density at radius 2 is 1.89 bits per heavy atom. The highest BCUT2D eigenvalue weighted by Gasteiger charge is 2.25. The summed E-state index contributed by atoms with van der Waals surface area (Å²) in [5.74, 6) is -0.564. The maximum atomic E-state index is 13.3. The van der Waals surface area contributed by atoms with E-state index in [0.717, 1.165) is 27.6 Å². The van der Waals surface area contributed by atoms with Crippen molar-refractivity contribution >= 4 is 51.2 Å². The first-order valence-corrected chi connectivity index (χ1v) is 12.0. The van der Waals surface area contributed by atoms with Gasteiger partial charge in [-0.1, -0.05) is 30.3 Å². The minimum absolute atomic E-state index is 0.00611. The Kier molecular flexibility index (Phi) is 6.15. The predicted octanol–water partition coefficient (Wildman–Crippen LogP) is 6.25. The molecule has 2 heterocycles. The maximum absolute atomic E-state index is 13.3. The highest BCUT2D eigenvalue weighted by Crippen LogP contribution is 2.33. The normalized spacial score (nSPS) is 15.7. The summed E-state index contributed by atoms with van der Waals surface area (Å²) in [5.41, 5.74) is 4.56. The number of aryl methyl sites for hydroxylation is 1. The summed E-state index contributed by atoms with van der Waals surface area (Å²) in [4.78, 5) is 28.6. The van der Waals surface area contributed by atoms with Gasteiger partial charge in [-0.25, -0.2) is 9.38 Å². The molecular formula is C27H21FN4O3S. The average molecular weight is 501 g/mol. The van der Waals surface area contributed by atoms with Gasteiger partial charge in [-0.2, -0.15) is 0 Å². The Bertz CT molecular complexity index is 1590. The van der Waals surface area contributed by atoms with Gasteiger partial charge >= 0.3 is 0 Å². The van der Waals surface area contributed by atoms with Gasteiger partial charge in [0, 0.05) is 40.8 Å². The van der Waals surface area contributed by atoms with Crippen LogP contribution in [0.2, 0.25) is 0 Å². The zero-order valence-corrected chi connectivity index (χ0v) is 20.3. The van der Waals surface area contributed by atoms with E-state index in [-0.39, 0.29) is 17.4 Å². The molecule has 3 aromatic carbocycles. The van der Waals surface area contributed by atoms with Gasteiger partial charge < -0.3 is 9.88 Å². The van der Waals surface area contributed by atoms with E-state index in [1.54, 1.807) is 32.0 Å². The number of amides is 1. The maximum Gasteiger partial charge on any atom is 0.274 e. The van der Waals surface area contributed by atoms with Crippen LogP contribution in [0.4, 0.5) is 15.8 Å². The zero-order chi connectivity index (χ0) is 25.4. The number of nitro benzene ring substituents is 1. The van der Waals surface area contributed by atoms with Crippen LogP contribution in [0, 0.1) is 29.8 Å². The molecule has 1 amide bonds. The summed E-state index contributed by atoms with van der Waals surface area (Å²) < 4.78 is 15.4. The van der Waals surface area contributed by atoms with Crippen molar-refractivity contribution in [2.75, 3.05) is 0 Å². The van der Waals surface area contributed by atoms with E-state index in [2.05, 4.69) is 14.9 Å². The predicted molar refractivity (Wildman–Crippen MR) is 141 cm³/mol. The Hall–Kier alpha value is -4.24. The number of para-hydroxylation sites is 1. The standard InChI is InChI=1S/C27H21FN4O3S/c1-16-11-21(13-24(17(16)2)32(34)35)29-27-30-26(33)25(36-27)12-19-15-31(23-6-4-3-5-22(19)23)14-18-7-9-20(28)10-8-18/h3-13,15H,14H2,1-2H3,(H,29,30,33)/b25-12-. The third kappa shape index (κ3) is 4.65. The molecule has 0 atom stereocenters. The fourth-order valence-electron chi connectivity index (χ4n) is 4.12. The summed E-state index contributed by atoms with van der Waals surface area (Å²) >= 11 is 1.19. The summed E-state index contributed by atoms with van der Waals surface area (Å²) in [5, 5.41) is 15.5. The number of aromatic nitrogens is 1. The number of fused-ring (bicyclic) bond motifs is 1. The van der Waals surface area contributed by atoms with Crippen LogP contribution in [0.15, 0.2) is 76.8 Å². The molecule has 1 fully saturated rings. The van der Waals surface area contributed by atoms with E-state index >= 15 is 0 Å². The number of nitrogens with one attached hydrogen (secondary N) is 1. The molecular weight excluding hydrogens is 479 g/mol. The van der Waals surface area contributed by atoms with Crippen molar-refractivity contribution in [1.82, 2.24) is 9.88 Å². The van der Waals surface area contributed by atoms with E-state index in [4.69, 9.17) is 0 Å². The van der Waals surface area contributed by atoms with Gasteiger partial charge in [0.2, 0.25) is 0 Å². The molecule has 0 unspecified atom stereocenters. The lowest BCUT2D eigenvalue weighted by molar-refractivity contribution is -0.385. The SMILES string of the molecule is Cc1cc(N=C2NC(=O)/C(=C/c3cn(Cc4ccc(F)cc4)c4ccccc34)S2)cc([N+](=O)[O-])c1C. The minimum Gasteiger partial charge on any atom is -0.342 e. The van der Waals surface area contributed by atoms with Crippen LogP contribution in [0.3, 0.4) is 0 Å². The van der Waals surface area contributed by atoms with E-state index in [9.17, 15) is 19.3 Å². The first kappa shape index (κ1) is 23.5. The van der Waals surface area contributed by atoms with Gasteiger partial charge in [-0.05, 0) is 67.1 Å². The fourth-order valence-corrected chi connectivity index (χ4v) is 4.96. The third-order valence-corrected chi connectivity index (χ3v) is 6.98. The second-order valence-electron chi connectivity index (χ2n) is 8.50. The number of hydrogen-bond donors (Lipinski definition) is 1. The quantitative estimate of drug-likeness (QED) is 0.199. The zero-order valence-electron chi connectivity index (χ0n) is 19.5. The fraction of sp³-hybridized carbons (Fsp3) is 0.111. The lowest BCUT2D eigenvalue weighted by Gasteiger charge is -2.05. The summed E-state index contributed by atoms with van der Waals surface area (Å²) in [6, 6.07) is 17.4. The van der Waals surface area contributed by atoms with Crippen LogP contribution in [-0.4, -0.2) is 20.6 Å². The molecule has 1 aliphatic heterocycles. The Morgan fingerprint density at radius 1 is 1.14 bits per heavy atom. The Morgan fingerprint density at radius 3 is 2.64 bits per heavy atom. The molecule has 36 heavy (non-hydrogen) atoms. The molecule has 1 aromatic heterocycles. The van der Waals surface area contributed by atoms with Crippen LogP contribution in [0.25, 0.3) is 17.0 Å². The van der Waals surface area contributed by atoms with Crippen molar-refractivity contribution in [2.24, 2.45) is 4.99 Å². The number of benzene rings is 3. The molecule has 0 bridgehead atoms. The lowest BCUT2D eigenvalue weighted by atomic mass is 10.1. The Labute approximate surface area is 210 Å².